The van der Waals surface area contributed by atoms with Gasteiger partial charge < -0.3 is 14.8 Å². The number of cyclic esters (lactones) is 1. The summed E-state index contributed by atoms with van der Waals surface area (Å²) in [6.07, 6.45) is 4.90. The number of rotatable bonds is 4. The Balaban J connectivity index is 2.14. The molecule has 2 rings (SSSR count). The summed E-state index contributed by atoms with van der Waals surface area (Å²) >= 11 is 2.06. The van der Waals surface area contributed by atoms with E-state index < -0.39 is 15.6 Å². The molecule has 1 aliphatic heterocycles. The van der Waals surface area contributed by atoms with Gasteiger partial charge in [-0.15, -0.1) is 0 Å². The Hall–Kier alpha value is -0.530. The van der Waals surface area contributed by atoms with Crippen molar-refractivity contribution in [2.24, 2.45) is 5.92 Å². The molecule has 3 atom stereocenters. The number of hydrogen-bond acceptors (Lipinski definition) is 4. The Bertz CT molecular complexity index is 379. The standard InChI is InChI=1S/C14H22INO4/c1-3-19-12(17)14(2,15)11-10(16-13(18)20-11)9-7-5-4-6-8-9/h9-11H,3-8H2,1-2H3,(H,16,18)/t10-,11+,14-/m0/s1. The van der Waals surface area contributed by atoms with Crippen molar-refractivity contribution in [3.63, 3.8) is 0 Å². The van der Waals surface area contributed by atoms with Crippen molar-refractivity contribution in [2.75, 3.05) is 6.61 Å². The summed E-state index contributed by atoms with van der Waals surface area (Å²) in [5.41, 5.74) is 0. The highest BCUT2D eigenvalue weighted by Crippen LogP contribution is 2.38. The molecule has 0 aromatic carbocycles. The van der Waals surface area contributed by atoms with Crippen LogP contribution in [0.2, 0.25) is 0 Å². The van der Waals surface area contributed by atoms with Crippen LogP contribution in [0.3, 0.4) is 0 Å². The third kappa shape index (κ3) is 3.20. The Kier molecular flexibility index (Phi) is 5.14. The van der Waals surface area contributed by atoms with Crippen molar-refractivity contribution < 1.29 is 19.1 Å². The molecule has 1 N–H and O–H groups in total. The highest BCUT2D eigenvalue weighted by atomic mass is 127. The van der Waals surface area contributed by atoms with Gasteiger partial charge in [0, 0.05) is 0 Å². The van der Waals surface area contributed by atoms with E-state index in [1.807, 2.05) is 0 Å². The predicted octanol–water partition coefficient (Wildman–Crippen LogP) is 2.80. The summed E-state index contributed by atoms with van der Waals surface area (Å²) in [4.78, 5) is 23.8. The van der Waals surface area contributed by atoms with Crippen LogP contribution in [-0.2, 0) is 14.3 Å². The van der Waals surface area contributed by atoms with Crippen LogP contribution in [0.1, 0.15) is 46.0 Å². The van der Waals surface area contributed by atoms with E-state index >= 15 is 0 Å². The lowest BCUT2D eigenvalue weighted by Gasteiger charge is -2.34. The minimum atomic E-state index is -0.852. The number of alkyl halides is 1. The van der Waals surface area contributed by atoms with Gasteiger partial charge in [0.25, 0.3) is 0 Å². The summed E-state index contributed by atoms with van der Waals surface area (Å²) in [5, 5.41) is 2.90. The van der Waals surface area contributed by atoms with Gasteiger partial charge in [-0.05, 0) is 32.6 Å². The average molecular weight is 395 g/mol. The first kappa shape index (κ1) is 15.9. The van der Waals surface area contributed by atoms with Gasteiger partial charge in [0.15, 0.2) is 3.42 Å². The number of alkyl carbamates (subject to hydrolysis) is 1. The number of carbonyl (C=O) groups is 2. The molecule has 1 heterocycles. The van der Waals surface area contributed by atoms with E-state index in [-0.39, 0.29) is 12.0 Å². The molecule has 1 aliphatic carbocycles. The SMILES string of the molecule is CCOC(=O)[C@@](C)(I)[C@@H]1OC(=O)N[C@H]1C1CCCCC1. The van der Waals surface area contributed by atoms with Crippen molar-refractivity contribution >= 4 is 34.7 Å². The topological polar surface area (TPSA) is 64.6 Å². The normalized spacial score (nSPS) is 30.2. The van der Waals surface area contributed by atoms with Crippen LogP contribution in [0.4, 0.5) is 4.79 Å². The van der Waals surface area contributed by atoms with Gasteiger partial charge in [-0.2, -0.15) is 0 Å². The molecule has 1 saturated carbocycles. The van der Waals surface area contributed by atoms with Crippen LogP contribution in [0.5, 0.6) is 0 Å². The first-order chi connectivity index (χ1) is 9.46. The first-order valence-electron chi connectivity index (χ1n) is 7.30. The molecule has 0 aromatic heterocycles. The van der Waals surface area contributed by atoms with Gasteiger partial charge in [0.1, 0.15) is 6.10 Å². The molecule has 0 radical (unpaired) electrons. The van der Waals surface area contributed by atoms with Gasteiger partial charge in [-0.3, -0.25) is 4.79 Å². The lowest BCUT2D eigenvalue weighted by molar-refractivity contribution is -0.147. The molecule has 114 valence electrons. The van der Waals surface area contributed by atoms with E-state index in [2.05, 4.69) is 27.9 Å². The maximum absolute atomic E-state index is 12.1. The van der Waals surface area contributed by atoms with Crippen molar-refractivity contribution in [1.82, 2.24) is 5.32 Å². The molecule has 0 unspecified atom stereocenters. The van der Waals surface area contributed by atoms with E-state index in [0.29, 0.717) is 12.5 Å². The van der Waals surface area contributed by atoms with Crippen LogP contribution >= 0.6 is 22.6 Å². The Labute approximate surface area is 133 Å². The zero-order valence-electron chi connectivity index (χ0n) is 12.0. The van der Waals surface area contributed by atoms with Crippen LogP contribution in [0, 0.1) is 5.92 Å². The number of hydrogen-bond donors (Lipinski definition) is 1. The number of halogens is 1. The van der Waals surface area contributed by atoms with Crippen LogP contribution < -0.4 is 5.32 Å². The molecule has 0 bridgehead atoms. The highest BCUT2D eigenvalue weighted by Gasteiger charge is 2.53. The third-order valence-corrected chi connectivity index (χ3v) is 5.27. The Morgan fingerprint density at radius 3 is 2.70 bits per heavy atom. The molecular formula is C14H22INO4. The fourth-order valence-corrected chi connectivity index (χ4v) is 3.80. The summed E-state index contributed by atoms with van der Waals surface area (Å²) in [6.45, 7) is 3.90. The lowest BCUT2D eigenvalue weighted by atomic mass is 9.79. The fourth-order valence-electron chi connectivity index (χ4n) is 3.13. The Morgan fingerprint density at radius 2 is 2.10 bits per heavy atom. The summed E-state index contributed by atoms with van der Waals surface area (Å²) in [5.74, 6) is 0.0756. The molecule has 1 saturated heterocycles. The number of ether oxygens (including phenoxy) is 2. The van der Waals surface area contributed by atoms with E-state index in [1.54, 1.807) is 13.8 Å². The number of esters is 1. The number of amides is 1. The molecule has 0 spiro atoms. The zero-order chi connectivity index (χ0) is 14.8. The summed E-state index contributed by atoms with van der Waals surface area (Å²) < 4.78 is 9.67. The van der Waals surface area contributed by atoms with Crippen LogP contribution in [0.15, 0.2) is 0 Å². The average Bonchev–Trinajstić information content (AvgIpc) is 2.83. The third-order valence-electron chi connectivity index (χ3n) is 4.21. The van der Waals surface area contributed by atoms with Crippen molar-refractivity contribution in [2.45, 2.75) is 61.5 Å². The van der Waals surface area contributed by atoms with Crippen LogP contribution in [-0.4, -0.2) is 34.2 Å². The molecule has 20 heavy (non-hydrogen) atoms. The monoisotopic (exact) mass is 395 g/mol. The van der Waals surface area contributed by atoms with Crippen molar-refractivity contribution in [3.05, 3.63) is 0 Å². The summed E-state index contributed by atoms with van der Waals surface area (Å²) in [6, 6.07) is -0.0888. The predicted molar refractivity (Wildman–Crippen MR) is 82.8 cm³/mol. The fraction of sp³-hybridized carbons (Fsp3) is 0.857. The molecule has 5 nitrogen and oxygen atoms in total. The maximum atomic E-state index is 12.1. The first-order valence-corrected chi connectivity index (χ1v) is 8.38. The second-order valence-corrected chi connectivity index (χ2v) is 7.93. The lowest BCUT2D eigenvalue weighted by Crippen LogP contribution is -2.52. The number of carbonyl (C=O) groups excluding carboxylic acids is 2. The molecule has 2 fully saturated rings. The highest BCUT2D eigenvalue weighted by molar-refractivity contribution is 14.1. The minimum Gasteiger partial charge on any atom is -0.465 e. The van der Waals surface area contributed by atoms with Gasteiger partial charge in [0.05, 0.1) is 12.6 Å². The number of nitrogens with one attached hydrogen (secondary N) is 1. The van der Waals surface area contributed by atoms with Gasteiger partial charge in [0.2, 0.25) is 0 Å². The molecule has 6 heteroatoms. The van der Waals surface area contributed by atoms with Crippen molar-refractivity contribution in [3.8, 4) is 0 Å². The second kappa shape index (κ2) is 6.49. The molecule has 1 amide bonds. The van der Waals surface area contributed by atoms with Gasteiger partial charge >= 0.3 is 12.1 Å². The van der Waals surface area contributed by atoms with E-state index in [1.165, 1.54) is 19.3 Å². The molecule has 2 aliphatic rings. The van der Waals surface area contributed by atoms with Gasteiger partial charge in [-0.1, -0.05) is 41.9 Å². The van der Waals surface area contributed by atoms with E-state index in [9.17, 15) is 9.59 Å². The molecule has 0 aromatic rings. The Morgan fingerprint density at radius 1 is 1.45 bits per heavy atom. The summed E-state index contributed by atoms with van der Waals surface area (Å²) in [7, 11) is 0. The van der Waals surface area contributed by atoms with E-state index in [4.69, 9.17) is 9.47 Å². The molecular weight excluding hydrogens is 373 g/mol. The smallest absolute Gasteiger partial charge is 0.407 e. The second-order valence-electron chi connectivity index (χ2n) is 5.69. The van der Waals surface area contributed by atoms with Gasteiger partial charge in [-0.25, -0.2) is 4.79 Å². The van der Waals surface area contributed by atoms with Crippen LogP contribution in [0.25, 0.3) is 0 Å². The van der Waals surface area contributed by atoms with E-state index in [0.717, 1.165) is 12.8 Å². The zero-order valence-corrected chi connectivity index (χ0v) is 14.1. The quantitative estimate of drug-likeness (QED) is 0.452. The van der Waals surface area contributed by atoms with Crippen molar-refractivity contribution in [1.29, 1.82) is 0 Å². The maximum Gasteiger partial charge on any atom is 0.407 e. The minimum absolute atomic E-state index is 0.0888. The largest absolute Gasteiger partial charge is 0.465 e.